The number of hydrogen-bond donors (Lipinski definition) is 1. The zero-order chi connectivity index (χ0) is 12.5. The Morgan fingerprint density at radius 2 is 1.83 bits per heavy atom. The number of aryl methyl sites for hydroxylation is 1. The normalized spacial score (nSPS) is 16.8. The Hall–Kier alpha value is -1.12. The van der Waals surface area contributed by atoms with E-state index >= 15 is 0 Å². The van der Waals surface area contributed by atoms with Crippen LogP contribution in [0.1, 0.15) is 34.5 Å². The molecule has 0 radical (unpaired) electrons. The van der Waals surface area contributed by atoms with Gasteiger partial charge in [0.05, 0.1) is 0 Å². The molecule has 1 aromatic carbocycles. The van der Waals surface area contributed by atoms with E-state index < -0.39 is 0 Å². The van der Waals surface area contributed by atoms with E-state index in [2.05, 4.69) is 54.9 Å². The van der Waals surface area contributed by atoms with Crippen molar-refractivity contribution in [1.29, 1.82) is 0 Å². The Morgan fingerprint density at radius 1 is 1.17 bits per heavy atom. The van der Waals surface area contributed by atoms with Gasteiger partial charge in [-0.2, -0.15) is 0 Å². The summed E-state index contributed by atoms with van der Waals surface area (Å²) in [6.45, 7) is 4.48. The van der Waals surface area contributed by atoms with Crippen molar-refractivity contribution >= 4 is 11.3 Å². The van der Waals surface area contributed by atoms with Crippen LogP contribution in [0.15, 0.2) is 35.7 Å². The molecule has 1 heterocycles. The van der Waals surface area contributed by atoms with E-state index in [9.17, 15) is 0 Å². The lowest BCUT2D eigenvalue weighted by atomic mass is 10.1. The molecule has 0 amide bonds. The molecule has 0 spiro atoms. The standard InChI is InChI=1S/C16H19NS/c1-11-7-8-18-16(11)12(2)17-15-9-13-5-3-4-6-14(13)10-15/h3-8,12,15,17H,9-10H2,1-2H3. The van der Waals surface area contributed by atoms with Gasteiger partial charge in [-0.05, 0) is 54.8 Å². The van der Waals surface area contributed by atoms with Gasteiger partial charge in [-0.3, -0.25) is 0 Å². The van der Waals surface area contributed by atoms with E-state index in [1.807, 2.05) is 11.3 Å². The molecular weight excluding hydrogens is 238 g/mol. The summed E-state index contributed by atoms with van der Waals surface area (Å²) in [5.74, 6) is 0. The van der Waals surface area contributed by atoms with Crippen molar-refractivity contribution in [1.82, 2.24) is 5.32 Å². The van der Waals surface area contributed by atoms with Crippen LogP contribution in [0.4, 0.5) is 0 Å². The van der Waals surface area contributed by atoms with Crippen LogP contribution in [0.2, 0.25) is 0 Å². The third kappa shape index (κ3) is 2.23. The number of fused-ring (bicyclic) bond motifs is 1. The Labute approximate surface area is 113 Å². The minimum absolute atomic E-state index is 0.462. The summed E-state index contributed by atoms with van der Waals surface area (Å²) < 4.78 is 0. The first-order chi connectivity index (χ1) is 8.74. The van der Waals surface area contributed by atoms with E-state index in [0.29, 0.717) is 12.1 Å². The van der Waals surface area contributed by atoms with Gasteiger partial charge < -0.3 is 5.32 Å². The number of nitrogens with one attached hydrogen (secondary N) is 1. The summed E-state index contributed by atoms with van der Waals surface area (Å²) in [4.78, 5) is 1.48. The summed E-state index contributed by atoms with van der Waals surface area (Å²) >= 11 is 1.86. The molecule has 18 heavy (non-hydrogen) atoms. The molecule has 1 unspecified atom stereocenters. The van der Waals surface area contributed by atoms with Gasteiger partial charge in [0.2, 0.25) is 0 Å². The van der Waals surface area contributed by atoms with Crippen LogP contribution in [0.3, 0.4) is 0 Å². The average molecular weight is 257 g/mol. The van der Waals surface area contributed by atoms with Crippen LogP contribution < -0.4 is 5.32 Å². The smallest absolute Gasteiger partial charge is 0.0391 e. The van der Waals surface area contributed by atoms with E-state index in [4.69, 9.17) is 0 Å². The Bertz CT molecular complexity index is 519. The largest absolute Gasteiger partial charge is 0.306 e. The summed E-state index contributed by atoms with van der Waals surface area (Å²) in [5.41, 5.74) is 4.45. The second-order valence-electron chi connectivity index (χ2n) is 5.23. The summed E-state index contributed by atoms with van der Waals surface area (Å²) in [5, 5.41) is 5.97. The molecule has 1 N–H and O–H groups in total. The number of benzene rings is 1. The molecule has 0 fully saturated rings. The Kier molecular flexibility index (Phi) is 3.23. The topological polar surface area (TPSA) is 12.0 Å². The second-order valence-corrected chi connectivity index (χ2v) is 6.18. The van der Waals surface area contributed by atoms with Gasteiger partial charge in [0.15, 0.2) is 0 Å². The average Bonchev–Trinajstić information content (AvgIpc) is 2.94. The number of rotatable bonds is 3. The minimum atomic E-state index is 0.462. The van der Waals surface area contributed by atoms with Gasteiger partial charge in [0, 0.05) is 17.0 Å². The summed E-state index contributed by atoms with van der Waals surface area (Å²) in [6, 6.07) is 12.1. The van der Waals surface area contributed by atoms with Gasteiger partial charge in [-0.1, -0.05) is 24.3 Å². The fourth-order valence-corrected chi connectivity index (χ4v) is 3.88. The minimum Gasteiger partial charge on any atom is -0.306 e. The van der Waals surface area contributed by atoms with Gasteiger partial charge in [0.25, 0.3) is 0 Å². The fraction of sp³-hybridized carbons (Fsp3) is 0.375. The van der Waals surface area contributed by atoms with E-state index in [1.54, 1.807) is 0 Å². The van der Waals surface area contributed by atoms with Crippen molar-refractivity contribution in [3.05, 3.63) is 57.3 Å². The molecule has 0 aliphatic heterocycles. The highest BCUT2D eigenvalue weighted by molar-refractivity contribution is 7.10. The Balaban J connectivity index is 1.68. The molecule has 2 heteroatoms. The number of thiophene rings is 1. The molecule has 1 aromatic heterocycles. The quantitative estimate of drug-likeness (QED) is 0.880. The second kappa shape index (κ2) is 4.87. The van der Waals surface area contributed by atoms with Crippen LogP contribution in [-0.2, 0) is 12.8 Å². The Morgan fingerprint density at radius 3 is 2.39 bits per heavy atom. The zero-order valence-electron chi connectivity index (χ0n) is 10.9. The third-order valence-electron chi connectivity index (χ3n) is 3.83. The van der Waals surface area contributed by atoms with Gasteiger partial charge in [-0.15, -0.1) is 11.3 Å². The highest BCUT2D eigenvalue weighted by atomic mass is 32.1. The lowest BCUT2D eigenvalue weighted by Crippen LogP contribution is -2.31. The molecule has 0 saturated heterocycles. The maximum Gasteiger partial charge on any atom is 0.0391 e. The predicted molar refractivity (Wildman–Crippen MR) is 78.2 cm³/mol. The van der Waals surface area contributed by atoms with Gasteiger partial charge in [-0.25, -0.2) is 0 Å². The molecular formula is C16H19NS. The molecule has 94 valence electrons. The fourth-order valence-electron chi connectivity index (χ4n) is 2.93. The van der Waals surface area contributed by atoms with Crippen LogP contribution in [0.25, 0.3) is 0 Å². The third-order valence-corrected chi connectivity index (χ3v) is 5.03. The molecule has 3 rings (SSSR count). The van der Waals surface area contributed by atoms with Crippen LogP contribution in [-0.4, -0.2) is 6.04 Å². The van der Waals surface area contributed by atoms with Crippen molar-refractivity contribution in [2.45, 2.75) is 38.8 Å². The highest BCUT2D eigenvalue weighted by Gasteiger charge is 2.23. The van der Waals surface area contributed by atoms with Gasteiger partial charge >= 0.3 is 0 Å². The maximum atomic E-state index is 3.78. The molecule has 2 aromatic rings. The predicted octanol–water partition coefficient (Wildman–Crippen LogP) is 3.87. The van der Waals surface area contributed by atoms with E-state index in [-0.39, 0.29) is 0 Å². The summed E-state index contributed by atoms with van der Waals surface area (Å²) in [7, 11) is 0. The van der Waals surface area contributed by atoms with Crippen molar-refractivity contribution in [2.24, 2.45) is 0 Å². The lowest BCUT2D eigenvalue weighted by molar-refractivity contribution is 0.471. The van der Waals surface area contributed by atoms with Crippen LogP contribution >= 0.6 is 11.3 Å². The SMILES string of the molecule is Cc1ccsc1C(C)NC1Cc2ccccc2C1. The van der Waals surface area contributed by atoms with Crippen molar-refractivity contribution in [2.75, 3.05) is 0 Å². The van der Waals surface area contributed by atoms with Crippen molar-refractivity contribution < 1.29 is 0 Å². The first-order valence-corrected chi connectivity index (χ1v) is 7.49. The zero-order valence-corrected chi connectivity index (χ0v) is 11.8. The highest BCUT2D eigenvalue weighted by Crippen LogP contribution is 2.27. The van der Waals surface area contributed by atoms with E-state index in [1.165, 1.54) is 34.4 Å². The maximum absolute atomic E-state index is 3.78. The van der Waals surface area contributed by atoms with Gasteiger partial charge in [0.1, 0.15) is 0 Å². The molecule has 1 aliphatic carbocycles. The molecule has 1 aliphatic rings. The monoisotopic (exact) mass is 257 g/mol. The lowest BCUT2D eigenvalue weighted by Gasteiger charge is -2.19. The van der Waals surface area contributed by atoms with Crippen molar-refractivity contribution in [3.8, 4) is 0 Å². The molecule has 0 bridgehead atoms. The van der Waals surface area contributed by atoms with E-state index in [0.717, 1.165) is 0 Å². The number of hydrogen-bond acceptors (Lipinski definition) is 2. The first kappa shape index (κ1) is 11.9. The molecule has 1 nitrogen and oxygen atoms in total. The van der Waals surface area contributed by atoms with Crippen LogP contribution in [0, 0.1) is 6.92 Å². The summed E-state index contributed by atoms with van der Waals surface area (Å²) in [6.07, 6.45) is 2.34. The molecule has 0 saturated carbocycles. The molecule has 1 atom stereocenters. The first-order valence-electron chi connectivity index (χ1n) is 6.61. The van der Waals surface area contributed by atoms with Crippen molar-refractivity contribution in [3.63, 3.8) is 0 Å². The van der Waals surface area contributed by atoms with Crippen LogP contribution in [0.5, 0.6) is 0 Å².